The molecule has 2 aromatic rings. The van der Waals surface area contributed by atoms with Crippen molar-refractivity contribution in [2.75, 3.05) is 13.2 Å². The predicted octanol–water partition coefficient (Wildman–Crippen LogP) is 2.79. The van der Waals surface area contributed by atoms with Crippen molar-refractivity contribution in [1.29, 1.82) is 0 Å². The summed E-state index contributed by atoms with van der Waals surface area (Å²) in [5, 5.41) is 23.0. The van der Waals surface area contributed by atoms with Crippen molar-refractivity contribution in [3.05, 3.63) is 28.8 Å². The van der Waals surface area contributed by atoms with Crippen molar-refractivity contribution >= 4 is 27.5 Å². The fourth-order valence-corrected chi connectivity index (χ4v) is 5.00. The van der Waals surface area contributed by atoms with Gasteiger partial charge >= 0.3 is 0 Å². The summed E-state index contributed by atoms with van der Waals surface area (Å²) in [6, 6.07) is 5.57. The second-order valence-corrected chi connectivity index (χ2v) is 8.66. The molecular formula is C20H26N2O4S. The second kappa shape index (κ2) is 8.22. The predicted molar refractivity (Wildman–Crippen MR) is 104 cm³/mol. The molecule has 2 heterocycles. The van der Waals surface area contributed by atoms with Gasteiger partial charge in [0.05, 0.1) is 22.9 Å². The van der Waals surface area contributed by atoms with Crippen LogP contribution in [0, 0.1) is 5.92 Å². The van der Waals surface area contributed by atoms with E-state index in [2.05, 4.69) is 10.3 Å². The van der Waals surface area contributed by atoms with E-state index in [0.29, 0.717) is 17.9 Å². The van der Waals surface area contributed by atoms with Gasteiger partial charge in [0, 0.05) is 18.5 Å². The van der Waals surface area contributed by atoms with Gasteiger partial charge in [0.2, 0.25) is 0 Å². The van der Waals surface area contributed by atoms with Crippen LogP contribution in [0.1, 0.15) is 60.0 Å². The maximum absolute atomic E-state index is 12.5. The van der Waals surface area contributed by atoms with Crippen LogP contribution in [-0.2, 0) is 4.74 Å². The monoisotopic (exact) mass is 390 g/mol. The molecule has 0 spiro atoms. The largest absolute Gasteiger partial charge is 0.394 e. The molecule has 1 saturated carbocycles. The van der Waals surface area contributed by atoms with Crippen molar-refractivity contribution in [1.82, 2.24) is 10.3 Å². The quantitative estimate of drug-likeness (QED) is 0.730. The number of nitrogens with zero attached hydrogens (tertiary/aromatic N) is 1. The molecule has 146 valence electrons. The lowest BCUT2D eigenvalue weighted by Crippen LogP contribution is -2.30. The van der Waals surface area contributed by atoms with Crippen LogP contribution in [0.3, 0.4) is 0 Å². The van der Waals surface area contributed by atoms with Crippen LogP contribution in [0.2, 0.25) is 0 Å². The van der Waals surface area contributed by atoms with Crippen LogP contribution in [0.5, 0.6) is 0 Å². The maximum atomic E-state index is 12.5. The van der Waals surface area contributed by atoms with Gasteiger partial charge < -0.3 is 20.3 Å². The SMILES string of the molecule is O=C(NCC1CCCCC1)c1ccc2sc([C@H]3C[C@H](O)[C@@H](CO)O3)nc2c1. The number of carbonyl (C=O) groups is 1. The first kappa shape index (κ1) is 18.8. The number of aliphatic hydroxyl groups excluding tert-OH is 2. The maximum Gasteiger partial charge on any atom is 0.251 e. The van der Waals surface area contributed by atoms with E-state index in [0.717, 1.165) is 21.8 Å². The highest BCUT2D eigenvalue weighted by Crippen LogP contribution is 2.37. The number of nitrogens with one attached hydrogen (secondary N) is 1. The van der Waals surface area contributed by atoms with Crippen LogP contribution in [0.15, 0.2) is 18.2 Å². The number of amides is 1. The molecule has 0 radical (unpaired) electrons. The molecule has 0 bridgehead atoms. The molecule has 3 N–H and O–H groups in total. The highest BCUT2D eigenvalue weighted by molar-refractivity contribution is 7.18. The van der Waals surface area contributed by atoms with Gasteiger partial charge in [-0.05, 0) is 37.0 Å². The van der Waals surface area contributed by atoms with Gasteiger partial charge in [-0.3, -0.25) is 4.79 Å². The van der Waals surface area contributed by atoms with Crippen molar-refractivity contribution in [2.45, 2.75) is 56.8 Å². The van der Waals surface area contributed by atoms with Crippen LogP contribution >= 0.6 is 11.3 Å². The Morgan fingerprint density at radius 2 is 2.11 bits per heavy atom. The minimum atomic E-state index is -0.673. The lowest BCUT2D eigenvalue weighted by Gasteiger charge is -2.21. The number of hydrogen-bond donors (Lipinski definition) is 3. The molecule has 2 fully saturated rings. The molecule has 6 nitrogen and oxygen atoms in total. The van der Waals surface area contributed by atoms with E-state index in [1.165, 1.54) is 43.4 Å². The normalized spacial score (nSPS) is 26.5. The Morgan fingerprint density at radius 1 is 1.30 bits per heavy atom. The van der Waals surface area contributed by atoms with Gasteiger partial charge in [-0.1, -0.05) is 19.3 Å². The van der Waals surface area contributed by atoms with E-state index in [1.54, 1.807) is 0 Å². The second-order valence-electron chi connectivity index (χ2n) is 7.60. The molecule has 1 aliphatic carbocycles. The Morgan fingerprint density at radius 3 is 2.85 bits per heavy atom. The average Bonchev–Trinajstić information content (AvgIpc) is 3.29. The first-order chi connectivity index (χ1) is 13.1. The van der Waals surface area contributed by atoms with Gasteiger partial charge in [0.15, 0.2) is 0 Å². The van der Waals surface area contributed by atoms with Gasteiger partial charge in [-0.15, -0.1) is 11.3 Å². The third kappa shape index (κ3) is 4.16. The van der Waals surface area contributed by atoms with E-state index in [9.17, 15) is 15.0 Å². The summed E-state index contributed by atoms with van der Waals surface area (Å²) >= 11 is 1.51. The van der Waals surface area contributed by atoms with Crippen LogP contribution < -0.4 is 5.32 Å². The van der Waals surface area contributed by atoms with Crippen LogP contribution in [0.25, 0.3) is 10.2 Å². The number of ether oxygens (including phenoxy) is 1. The Labute approximate surface area is 162 Å². The van der Waals surface area contributed by atoms with Crippen molar-refractivity contribution in [3.8, 4) is 0 Å². The van der Waals surface area contributed by atoms with Gasteiger partial charge in [0.25, 0.3) is 5.91 Å². The number of hydrogen-bond acceptors (Lipinski definition) is 6. The fourth-order valence-electron chi connectivity index (χ4n) is 4.01. The molecular weight excluding hydrogens is 364 g/mol. The first-order valence-corrected chi connectivity index (χ1v) is 10.6. The highest BCUT2D eigenvalue weighted by Gasteiger charge is 2.35. The third-order valence-corrected chi connectivity index (χ3v) is 6.75. The zero-order valence-electron chi connectivity index (χ0n) is 15.3. The Kier molecular flexibility index (Phi) is 5.73. The summed E-state index contributed by atoms with van der Waals surface area (Å²) in [7, 11) is 0. The molecule has 2 aliphatic rings. The molecule has 7 heteroatoms. The minimum Gasteiger partial charge on any atom is -0.394 e. The van der Waals surface area contributed by atoms with Crippen molar-refractivity contribution < 1.29 is 19.7 Å². The first-order valence-electron chi connectivity index (χ1n) is 9.77. The molecule has 1 amide bonds. The summed E-state index contributed by atoms with van der Waals surface area (Å²) in [5.74, 6) is 0.549. The smallest absolute Gasteiger partial charge is 0.251 e. The van der Waals surface area contributed by atoms with Crippen LogP contribution in [-0.4, -0.2) is 46.5 Å². The zero-order chi connectivity index (χ0) is 18.8. The summed E-state index contributed by atoms with van der Waals surface area (Å²) in [6.07, 6.45) is 5.16. The standard InChI is InChI=1S/C20H26N2O4S/c23-11-17-15(24)9-16(26-17)20-22-14-8-13(6-7-18(14)27-20)19(25)21-10-12-4-2-1-3-5-12/h6-8,12,15-17,23-24H,1-5,9-11H2,(H,21,25)/t15-,16+,17+/m0/s1. The highest BCUT2D eigenvalue weighted by atomic mass is 32.1. The molecule has 1 aromatic carbocycles. The number of benzene rings is 1. The number of fused-ring (bicyclic) bond motifs is 1. The van der Waals surface area contributed by atoms with Gasteiger partial charge in [0.1, 0.15) is 17.2 Å². The summed E-state index contributed by atoms with van der Waals surface area (Å²) in [4.78, 5) is 17.1. The van der Waals surface area contributed by atoms with E-state index >= 15 is 0 Å². The molecule has 4 rings (SSSR count). The molecule has 1 aliphatic heterocycles. The minimum absolute atomic E-state index is 0.0510. The van der Waals surface area contributed by atoms with Gasteiger partial charge in [-0.2, -0.15) is 0 Å². The van der Waals surface area contributed by atoms with E-state index in [1.807, 2.05) is 18.2 Å². The fraction of sp³-hybridized carbons (Fsp3) is 0.600. The number of aliphatic hydroxyl groups is 2. The van der Waals surface area contributed by atoms with Crippen molar-refractivity contribution in [2.24, 2.45) is 5.92 Å². The lowest BCUT2D eigenvalue weighted by atomic mass is 9.89. The third-order valence-electron chi connectivity index (χ3n) is 5.62. The number of aromatic nitrogens is 1. The lowest BCUT2D eigenvalue weighted by molar-refractivity contribution is -0.0225. The van der Waals surface area contributed by atoms with E-state index in [4.69, 9.17) is 4.74 Å². The summed E-state index contributed by atoms with van der Waals surface area (Å²) in [5.41, 5.74) is 1.39. The molecule has 1 saturated heterocycles. The molecule has 27 heavy (non-hydrogen) atoms. The summed E-state index contributed by atoms with van der Waals surface area (Å²) in [6.45, 7) is 0.545. The summed E-state index contributed by atoms with van der Waals surface area (Å²) < 4.78 is 6.68. The number of rotatable bonds is 5. The van der Waals surface area contributed by atoms with E-state index in [-0.39, 0.29) is 18.6 Å². The average molecular weight is 391 g/mol. The van der Waals surface area contributed by atoms with Crippen molar-refractivity contribution in [3.63, 3.8) is 0 Å². The Bertz CT molecular complexity index is 802. The molecule has 3 atom stereocenters. The Hall–Kier alpha value is -1.54. The molecule has 1 aromatic heterocycles. The Balaban J connectivity index is 1.43. The topological polar surface area (TPSA) is 91.7 Å². The molecule has 0 unspecified atom stereocenters. The van der Waals surface area contributed by atoms with Gasteiger partial charge in [-0.25, -0.2) is 4.98 Å². The number of carbonyl (C=O) groups excluding carboxylic acids is 1. The zero-order valence-corrected chi connectivity index (χ0v) is 16.1. The van der Waals surface area contributed by atoms with E-state index < -0.39 is 12.2 Å². The van der Waals surface area contributed by atoms with Crippen LogP contribution in [0.4, 0.5) is 0 Å². The number of thiazole rings is 1.